The third-order valence-electron chi connectivity index (χ3n) is 7.42. The molecule has 11 nitrogen and oxygen atoms in total. The maximum absolute atomic E-state index is 13.5. The number of carbonyl (C=O) groups excluding carboxylic acids is 4. The number of aromatic nitrogens is 1. The molecule has 4 rings (SSSR count). The van der Waals surface area contributed by atoms with Gasteiger partial charge in [-0.2, -0.15) is 0 Å². The molecule has 0 spiro atoms. The van der Waals surface area contributed by atoms with Crippen LogP contribution in [0.1, 0.15) is 52.2 Å². The van der Waals surface area contributed by atoms with E-state index in [9.17, 15) is 19.2 Å². The van der Waals surface area contributed by atoms with Crippen molar-refractivity contribution in [3.8, 4) is 0 Å². The van der Waals surface area contributed by atoms with E-state index in [-0.39, 0.29) is 52.2 Å². The number of benzene rings is 1. The van der Waals surface area contributed by atoms with Crippen molar-refractivity contribution >= 4 is 46.1 Å². The van der Waals surface area contributed by atoms with Gasteiger partial charge in [-0.25, -0.2) is 4.98 Å². The first-order valence-electron chi connectivity index (χ1n) is 13.7. The summed E-state index contributed by atoms with van der Waals surface area (Å²) in [5.41, 5.74) is 1.63. The topological polar surface area (TPSA) is 134 Å². The first kappa shape index (κ1) is 29.7. The van der Waals surface area contributed by atoms with Gasteiger partial charge < -0.3 is 29.6 Å². The fourth-order valence-electron chi connectivity index (χ4n) is 5.05. The molecule has 41 heavy (non-hydrogen) atoms. The largest absolute Gasteiger partial charge is 0.449 e. The molecule has 1 aliphatic rings. The number of pyridine rings is 1. The Morgan fingerprint density at radius 1 is 1.00 bits per heavy atom. The summed E-state index contributed by atoms with van der Waals surface area (Å²) in [6.45, 7) is 2.59. The van der Waals surface area contributed by atoms with Gasteiger partial charge in [0, 0.05) is 52.8 Å². The molecule has 3 aromatic rings. The summed E-state index contributed by atoms with van der Waals surface area (Å²) in [4.78, 5) is 60.1. The highest BCUT2D eigenvalue weighted by atomic mass is 16.5. The van der Waals surface area contributed by atoms with Crippen LogP contribution in [0.4, 0.5) is 11.5 Å². The molecule has 1 aliphatic carbocycles. The van der Waals surface area contributed by atoms with E-state index >= 15 is 0 Å². The molecule has 2 aromatic heterocycles. The highest BCUT2D eigenvalue weighted by Crippen LogP contribution is 2.37. The molecule has 1 fully saturated rings. The van der Waals surface area contributed by atoms with Crippen molar-refractivity contribution in [1.82, 2.24) is 14.8 Å². The molecule has 218 valence electrons. The molecular formula is C30H37N5O6. The number of nitrogens with zero attached hydrogens (tertiary/aromatic N) is 3. The van der Waals surface area contributed by atoms with E-state index in [0.29, 0.717) is 50.0 Å². The minimum Gasteiger partial charge on any atom is -0.449 e. The second kappa shape index (κ2) is 12.9. The van der Waals surface area contributed by atoms with Crippen molar-refractivity contribution in [3.63, 3.8) is 0 Å². The molecule has 2 heterocycles. The van der Waals surface area contributed by atoms with E-state index in [1.54, 1.807) is 63.6 Å². The maximum Gasteiger partial charge on any atom is 0.294 e. The smallest absolute Gasteiger partial charge is 0.294 e. The number of carbonyl (C=O) groups is 4. The number of hydrogen-bond donors (Lipinski definition) is 2. The minimum absolute atomic E-state index is 0.0640. The van der Waals surface area contributed by atoms with Crippen LogP contribution >= 0.6 is 0 Å². The van der Waals surface area contributed by atoms with Gasteiger partial charge in [-0.15, -0.1) is 0 Å². The number of likely N-dealkylation sites (N-methyl/N-ethyl adjacent to an activating group) is 1. The quantitative estimate of drug-likeness (QED) is 0.403. The Kier molecular flexibility index (Phi) is 9.38. The number of rotatable bonds is 9. The van der Waals surface area contributed by atoms with Gasteiger partial charge in [0.1, 0.15) is 17.1 Å². The molecular weight excluding hydrogens is 526 g/mol. The van der Waals surface area contributed by atoms with Gasteiger partial charge in [0.25, 0.3) is 11.8 Å². The highest BCUT2D eigenvalue weighted by Gasteiger charge is 2.33. The summed E-state index contributed by atoms with van der Waals surface area (Å²) in [6.07, 6.45) is 3.89. The van der Waals surface area contributed by atoms with E-state index in [1.807, 2.05) is 13.0 Å². The number of ether oxygens (including phenoxy) is 1. The lowest BCUT2D eigenvalue weighted by atomic mass is 9.81. The molecule has 0 bridgehead atoms. The molecule has 0 atom stereocenters. The van der Waals surface area contributed by atoms with Crippen molar-refractivity contribution in [2.45, 2.75) is 32.6 Å². The van der Waals surface area contributed by atoms with Crippen LogP contribution in [0.2, 0.25) is 0 Å². The summed E-state index contributed by atoms with van der Waals surface area (Å²) >= 11 is 0. The van der Waals surface area contributed by atoms with Crippen LogP contribution in [-0.2, 0) is 14.3 Å². The van der Waals surface area contributed by atoms with Crippen LogP contribution in [0.25, 0.3) is 11.0 Å². The van der Waals surface area contributed by atoms with Crippen LogP contribution in [0, 0.1) is 18.8 Å². The monoisotopic (exact) mass is 563 g/mol. The molecule has 0 aliphatic heterocycles. The Labute approximate surface area is 239 Å². The van der Waals surface area contributed by atoms with Gasteiger partial charge in [0.2, 0.25) is 17.6 Å². The van der Waals surface area contributed by atoms with Crippen molar-refractivity contribution < 1.29 is 28.3 Å². The van der Waals surface area contributed by atoms with Gasteiger partial charge in [-0.1, -0.05) is 12.1 Å². The normalized spacial score (nSPS) is 16.7. The van der Waals surface area contributed by atoms with Crippen molar-refractivity contribution in [2.24, 2.45) is 11.8 Å². The van der Waals surface area contributed by atoms with E-state index in [4.69, 9.17) is 9.15 Å². The van der Waals surface area contributed by atoms with Gasteiger partial charge in [0.15, 0.2) is 0 Å². The number of hydrogen-bond acceptors (Lipinski definition) is 7. The van der Waals surface area contributed by atoms with Gasteiger partial charge in [-0.3, -0.25) is 19.2 Å². The summed E-state index contributed by atoms with van der Waals surface area (Å²) in [6, 6.07) is 8.44. The zero-order valence-corrected chi connectivity index (χ0v) is 24.2. The third-order valence-corrected chi connectivity index (χ3v) is 7.42. The molecule has 0 saturated heterocycles. The first-order chi connectivity index (χ1) is 19.6. The molecule has 2 N–H and O–H groups in total. The molecule has 0 unspecified atom stereocenters. The van der Waals surface area contributed by atoms with Crippen LogP contribution in [0.3, 0.4) is 0 Å². The van der Waals surface area contributed by atoms with Gasteiger partial charge >= 0.3 is 0 Å². The Morgan fingerprint density at radius 2 is 1.71 bits per heavy atom. The van der Waals surface area contributed by atoms with Crippen LogP contribution in [-0.4, -0.2) is 79.8 Å². The predicted octanol–water partition coefficient (Wildman–Crippen LogP) is 3.94. The average molecular weight is 564 g/mol. The van der Waals surface area contributed by atoms with Gasteiger partial charge in [-0.05, 0) is 56.4 Å². The Morgan fingerprint density at radius 3 is 2.34 bits per heavy atom. The third kappa shape index (κ3) is 6.74. The number of anilines is 2. The minimum atomic E-state index is -0.612. The molecule has 11 heteroatoms. The second-order valence-electron chi connectivity index (χ2n) is 10.6. The van der Waals surface area contributed by atoms with E-state index < -0.39 is 5.91 Å². The zero-order chi connectivity index (χ0) is 29.7. The predicted molar refractivity (Wildman–Crippen MR) is 155 cm³/mol. The Hall–Kier alpha value is -4.25. The lowest BCUT2D eigenvalue weighted by Crippen LogP contribution is -2.35. The van der Waals surface area contributed by atoms with E-state index in [0.717, 1.165) is 5.56 Å². The average Bonchev–Trinajstić information content (AvgIpc) is 3.34. The van der Waals surface area contributed by atoms with Crippen molar-refractivity contribution in [1.29, 1.82) is 0 Å². The Balaban J connectivity index is 1.68. The lowest BCUT2D eigenvalue weighted by molar-refractivity contribution is -0.135. The van der Waals surface area contributed by atoms with Crippen molar-refractivity contribution in [2.75, 3.05) is 52.0 Å². The second-order valence-corrected chi connectivity index (χ2v) is 10.6. The highest BCUT2D eigenvalue weighted by molar-refractivity contribution is 6.19. The van der Waals surface area contributed by atoms with Crippen LogP contribution < -0.4 is 10.6 Å². The fraction of sp³-hybridized carbons (Fsp3) is 0.433. The first-order valence-corrected chi connectivity index (χ1v) is 13.7. The summed E-state index contributed by atoms with van der Waals surface area (Å²) in [5, 5.41) is 5.98. The molecule has 4 amide bonds. The van der Waals surface area contributed by atoms with E-state index in [2.05, 4.69) is 15.6 Å². The zero-order valence-electron chi connectivity index (χ0n) is 24.2. The lowest BCUT2D eigenvalue weighted by Gasteiger charge is -2.28. The number of methoxy groups -OCH3 is 1. The fourth-order valence-corrected chi connectivity index (χ4v) is 5.05. The van der Waals surface area contributed by atoms with Crippen molar-refractivity contribution in [3.05, 3.63) is 53.4 Å². The summed E-state index contributed by atoms with van der Waals surface area (Å²) in [7, 11) is 6.67. The number of amides is 4. The SMILES string of the molecule is COCCN(C)C(=O)c1cccc2oc(C(=O)Nc3ccc(C)cn3)c(NC(=O)C3CCC(C(=O)N(C)C)CC3)c12. The van der Waals surface area contributed by atoms with Crippen LogP contribution in [0.5, 0.6) is 0 Å². The van der Waals surface area contributed by atoms with Crippen LogP contribution in [0.15, 0.2) is 40.9 Å². The molecule has 1 aromatic carbocycles. The summed E-state index contributed by atoms with van der Waals surface area (Å²) in [5.74, 6) is -1.43. The molecule has 0 radical (unpaired) electrons. The summed E-state index contributed by atoms with van der Waals surface area (Å²) < 4.78 is 11.1. The number of fused-ring (bicyclic) bond motifs is 1. The number of aryl methyl sites for hydroxylation is 1. The Bertz CT molecular complexity index is 1420. The van der Waals surface area contributed by atoms with E-state index in [1.165, 1.54) is 4.90 Å². The number of nitrogens with one attached hydrogen (secondary N) is 2. The van der Waals surface area contributed by atoms with Gasteiger partial charge in [0.05, 0.1) is 17.6 Å². The standard InChI is InChI=1S/C30H37N5O6/c1-18-9-14-23(31-17-18)32-28(37)26-25(33-27(36)19-10-12-20(13-11-19)29(38)34(2)3)24-21(7-6-8-22(24)41-26)30(39)35(4)15-16-40-5/h6-9,14,17,19-20H,10-13,15-16H2,1-5H3,(H,33,36)(H,31,32,37). The number of furan rings is 1. The molecule has 1 saturated carbocycles. The maximum atomic E-state index is 13.5.